The van der Waals surface area contributed by atoms with Gasteiger partial charge in [-0.2, -0.15) is 0 Å². The maximum atomic E-state index is 11.9. The molecule has 2 nitrogen and oxygen atoms in total. The fraction of sp³-hybridized carbons (Fsp3) is 0.643. The summed E-state index contributed by atoms with van der Waals surface area (Å²) in [7, 11) is 0. The molecule has 17 heavy (non-hydrogen) atoms. The molecule has 1 aromatic rings. The molecule has 0 saturated heterocycles. The van der Waals surface area contributed by atoms with E-state index in [2.05, 4.69) is 19.2 Å². The van der Waals surface area contributed by atoms with E-state index in [0.717, 1.165) is 17.2 Å². The number of thiophene rings is 1. The summed E-state index contributed by atoms with van der Waals surface area (Å²) in [6, 6.07) is 4.40. The van der Waals surface area contributed by atoms with Gasteiger partial charge in [-0.05, 0) is 29.7 Å². The van der Waals surface area contributed by atoms with Crippen LogP contribution in [0.15, 0.2) is 17.5 Å². The van der Waals surface area contributed by atoms with E-state index < -0.39 is 0 Å². The Balaban J connectivity index is 1.85. The molecule has 1 heterocycles. The minimum atomic E-state index is 0.179. The molecule has 1 aromatic heterocycles. The summed E-state index contributed by atoms with van der Waals surface area (Å²) in [6.07, 6.45) is 4.23. The number of carbonyl (C=O) groups excluding carboxylic acids is 1. The predicted molar refractivity (Wildman–Crippen MR) is 72.1 cm³/mol. The fourth-order valence-corrected chi connectivity index (χ4v) is 3.32. The van der Waals surface area contributed by atoms with Crippen LogP contribution in [0.25, 0.3) is 0 Å². The molecule has 1 aliphatic carbocycles. The minimum Gasteiger partial charge on any atom is -0.353 e. The summed E-state index contributed by atoms with van der Waals surface area (Å²) in [5, 5.41) is 5.23. The van der Waals surface area contributed by atoms with E-state index in [4.69, 9.17) is 0 Å². The summed E-state index contributed by atoms with van der Waals surface area (Å²) in [6.45, 7) is 4.56. The number of hydrogen-bond donors (Lipinski definition) is 1. The van der Waals surface area contributed by atoms with Crippen molar-refractivity contribution in [3.8, 4) is 0 Å². The lowest BCUT2D eigenvalue weighted by molar-refractivity contribution is -0.121. The van der Waals surface area contributed by atoms with Crippen molar-refractivity contribution in [2.45, 2.75) is 45.6 Å². The molecule has 0 aromatic carbocycles. The molecule has 2 rings (SSSR count). The van der Waals surface area contributed by atoms with Gasteiger partial charge in [0.05, 0.1) is 6.42 Å². The summed E-state index contributed by atoms with van der Waals surface area (Å²) in [4.78, 5) is 13.1. The van der Waals surface area contributed by atoms with Crippen molar-refractivity contribution in [1.82, 2.24) is 5.32 Å². The second-order valence-electron chi connectivity index (χ2n) is 5.20. The number of amides is 1. The van der Waals surface area contributed by atoms with E-state index in [1.807, 2.05) is 17.5 Å². The highest BCUT2D eigenvalue weighted by atomic mass is 32.1. The van der Waals surface area contributed by atoms with Crippen LogP contribution in [0.1, 0.15) is 38.0 Å². The Morgan fingerprint density at radius 3 is 3.00 bits per heavy atom. The summed E-state index contributed by atoms with van der Waals surface area (Å²) in [5.41, 5.74) is 0. The maximum absolute atomic E-state index is 11.9. The first kappa shape index (κ1) is 12.6. The molecular formula is C14H21NOS. The summed E-state index contributed by atoms with van der Waals surface area (Å²) < 4.78 is 0. The average molecular weight is 251 g/mol. The van der Waals surface area contributed by atoms with Crippen LogP contribution in [-0.4, -0.2) is 11.9 Å². The van der Waals surface area contributed by atoms with Crippen molar-refractivity contribution >= 4 is 17.2 Å². The smallest absolute Gasteiger partial charge is 0.225 e. The zero-order valence-corrected chi connectivity index (χ0v) is 11.4. The Labute approximate surface area is 107 Å². The molecule has 1 N–H and O–H groups in total. The van der Waals surface area contributed by atoms with Crippen molar-refractivity contribution in [1.29, 1.82) is 0 Å². The monoisotopic (exact) mass is 251 g/mol. The van der Waals surface area contributed by atoms with Crippen molar-refractivity contribution < 1.29 is 4.79 Å². The van der Waals surface area contributed by atoms with Gasteiger partial charge < -0.3 is 5.32 Å². The first-order valence-corrected chi connectivity index (χ1v) is 7.36. The third kappa shape index (κ3) is 3.32. The van der Waals surface area contributed by atoms with Crippen LogP contribution in [0.4, 0.5) is 0 Å². The molecule has 0 bridgehead atoms. The van der Waals surface area contributed by atoms with E-state index in [-0.39, 0.29) is 5.91 Å². The van der Waals surface area contributed by atoms with Gasteiger partial charge in [0.2, 0.25) is 5.91 Å². The van der Waals surface area contributed by atoms with Gasteiger partial charge in [0, 0.05) is 10.9 Å². The van der Waals surface area contributed by atoms with E-state index in [9.17, 15) is 4.79 Å². The first-order chi connectivity index (χ1) is 8.16. The normalized spacial score (nSPS) is 28.9. The third-order valence-electron chi connectivity index (χ3n) is 3.97. The van der Waals surface area contributed by atoms with Crippen LogP contribution in [0.5, 0.6) is 0 Å². The Morgan fingerprint density at radius 2 is 2.29 bits per heavy atom. The van der Waals surface area contributed by atoms with Crippen molar-refractivity contribution in [3.05, 3.63) is 22.4 Å². The van der Waals surface area contributed by atoms with E-state index >= 15 is 0 Å². The SMILES string of the molecule is CC1CCCC(NC(=O)Cc2cccs2)C1C. The molecule has 3 heteroatoms. The fourth-order valence-electron chi connectivity index (χ4n) is 2.61. The molecule has 0 aliphatic heterocycles. The van der Waals surface area contributed by atoms with Gasteiger partial charge in [-0.25, -0.2) is 0 Å². The molecule has 94 valence electrons. The highest BCUT2D eigenvalue weighted by Gasteiger charge is 2.27. The van der Waals surface area contributed by atoms with Gasteiger partial charge in [-0.1, -0.05) is 32.8 Å². The molecule has 1 fully saturated rings. The van der Waals surface area contributed by atoms with Gasteiger partial charge in [-0.15, -0.1) is 11.3 Å². The number of carbonyl (C=O) groups is 1. The highest BCUT2D eigenvalue weighted by Crippen LogP contribution is 2.29. The molecule has 3 atom stereocenters. The largest absolute Gasteiger partial charge is 0.353 e. The topological polar surface area (TPSA) is 29.1 Å². The average Bonchev–Trinajstić information content (AvgIpc) is 2.77. The van der Waals surface area contributed by atoms with Gasteiger partial charge in [0.15, 0.2) is 0 Å². The van der Waals surface area contributed by atoms with E-state index in [1.165, 1.54) is 12.8 Å². The predicted octanol–water partition coefficient (Wildman–Crippen LogP) is 3.23. The molecule has 0 radical (unpaired) electrons. The lowest BCUT2D eigenvalue weighted by atomic mass is 9.78. The standard InChI is InChI=1S/C14H21NOS/c1-10-5-3-7-13(11(10)2)15-14(16)9-12-6-4-8-17-12/h4,6,8,10-11,13H,3,5,7,9H2,1-2H3,(H,15,16). The molecule has 3 unspecified atom stereocenters. The van der Waals surface area contributed by atoms with Crippen molar-refractivity contribution in [2.75, 3.05) is 0 Å². The van der Waals surface area contributed by atoms with Crippen LogP contribution < -0.4 is 5.32 Å². The van der Waals surface area contributed by atoms with Gasteiger partial charge >= 0.3 is 0 Å². The number of hydrogen-bond acceptors (Lipinski definition) is 2. The zero-order chi connectivity index (χ0) is 12.3. The van der Waals surface area contributed by atoms with Gasteiger partial charge in [-0.3, -0.25) is 4.79 Å². The minimum absolute atomic E-state index is 0.179. The molecular weight excluding hydrogens is 230 g/mol. The summed E-state index contributed by atoms with van der Waals surface area (Å²) in [5.74, 6) is 1.52. The first-order valence-electron chi connectivity index (χ1n) is 6.48. The second kappa shape index (κ2) is 5.67. The van der Waals surface area contributed by atoms with Gasteiger partial charge in [0.25, 0.3) is 0 Å². The Bertz CT molecular complexity index is 360. The zero-order valence-electron chi connectivity index (χ0n) is 10.6. The third-order valence-corrected chi connectivity index (χ3v) is 4.84. The van der Waals surface area contributed by atoms with Crippen LogP contribution in [0.3, 0.4) is 0 Å². The Kier molecular flexibility index (Phi) is 4.21. The molecule has 1 aliphatic rings. The number of nitrogens with one attached hydrogen (secondary N) is 1. The van der Waals surface area contributed by atoms with Crippen LogP contribution >= 0.6 is 11.3 Å². The lowest BCUT2D eigenvalue weighted by Crippen LogP contribution is -2.44. The maximum Gasteiger partial charge on any atom is 0.225 e. The summed E-state index contributed by atoms with van der Waals surface area (Å²) >= 11 is 1.65. The van der Waals surface area contributed by atoms with E-state index in [0.29, 0.717) is 18.4 Å². The molecule has 0 spiro atoms. The van der Waals surface area contributed by atoms with Crippen LogP contribution in [0, 0.1) is 11.8 Å². The molecule has 1 amide bonds. The van der Waals surface area contributed by atoms with Crippen molar-refractivity contribution in [3.63, 3.8) is 0 Å². The second-order valence-corrected chi connectivity index (χ2v) is 6.23. The Morgan fingerprint density at radius 1 is 1.47 bits per heavy atom. The van der Waals surface area contributed by atoms with Crippen molar-refractivity contribution in [2.24, 2.45) is 11.8 Å². The van der Waals surface area contributed by atoms with Gasteiger partial charge in [0.1, 0.15) is 0 Å². The molecule has 1 saturated carbocycles. The quantitative estimate of drug-likeness (QED) is 0.878. The van der Waals surface area contributed by atoms with Crippen LogP contribution in [-0.2, 0) is 11.2 Å². The van der Waals surface area contributed by atoms with E-state index in [1.54, 1.807) is 11.3 Å². The highest BCUT2D eigenvalue weighted by molar-refractivity contribution is 7.10. The lowest BCUT2D eigenvalue weighted by Gasteiger charge is -2.34. The number of rotatable bonds is 3. The van der Waals surface area contributed by atoms with Crippen LogP contribution in [0.2, 0.25) is 0 Å². The Hall–Kier alpha value is -0.830.